The van der Waals surface area contributed by atoms with E-state index in [0.717, 1.165) is 11.3 Å². The number of hydrogen-bond donors (Lipinski definition) is 1. The number of thioether (sulfide) groups is 2. The minimum absolute atomic E-state index is 0.0470. The molecule has 0 aliphatic heterocycles. The highest BCUT2D eigenvalue weighted by Crippen LogP contribution is 2.18. The average molecular weight is 352 g/mol. The van der Waals surface area contributed by atoms with Gasteiger partial charge in [0, 0.05) is 22.2 Å². The van der Waals surface area contributed by atoms with Gasteiger partial charge in [0.2, 0.25) is 5.91 Å². The first-order chi connectivity index (χ1) is 10.7. The summed E-state index contributed by atoms with van der Waals surface area (Å²) in [6.45, 7) is 0.516. The third-order valence-electron chi connectivity index (χ3n) is 3.04. The molecule has 0 heterocycles. The predicted molar refractivity (Wildman–Crippen MR) is 97.7 cm³/mol. The molecule has 5 heteroatoms. The van der Waals surface area contributed by atoms with E-state index in [9.17, 15) is 4.79 Å². The number of rotatable bonds is 7. The monoisotopic (exact) mass is 351 g/mol. The zero-order valence-corrected chi connectivity index (χ0v) is 14.7. The zero-order valence-electron chi connectivity index (χ0n) is 12.3. The van der Waals surface area contributed by atoms with E-state index in [1.807, 2.05) is 24.3 Å². The van der Waals surface area contributed by atoms with Crippen molar-refractivity contribution < 1.29 is 4.79 Å². The minimum atomic E-state index is 0.0470. The highest BCUT2D eigenvalue weighted by Gasteiger charge is 2.03. The third-order valence-corrected chi connectivity index (χ3v) is 5.02. The van der Waals surface area contributed by atoms with Crippen molar-refractivity contribution >= 4 is 41.0 Å². The van der Waals surface area contributed by atoms with Gasteiger partial charge in [-0.15, -0.1) is 23.5 Å². The van der Waals surface area contributed by atoms with Crippen molar-refractivity contribution in [2.75, 3.05) is 12.0 Å². The van der Waals surface area contributed by atoms with Crippen molar-refractivity contribution in [2.24, 2.45) is 0 Å². The summed E-state index contributed by atoms with van der Waals surface area (Å²) in [7, 11) is 0. The van der Waals surface area contributed by atoms with Crippen LogP contribution in [0.3, 0.4) is 0 Å². The summed E-state index contributed by atoms with van der Waals surface area (Å²) < 4.78 is 0. The molecule has 0 unspecified atom stereocenters. The highest BCUT2D eigenvalue weighted by molar-refractivity contribution is 7.99. The molecule has 0 saturated heterocycles. The van der Waals surface area contributed by atoms with Crippen LogP contribution in [0.4, 0.5) is 0 Å². The second-order valence-electron chi connectivity index (χ2n) is 4.75. The van der Waals surface area contributed by atoms with Gasteiger partial charge in [-0.3, -0.25) is 4.79 Å². The SMILES string of the molecule is CSc1ccc(CSCC(=O)NCc2cccc(Cl)c2)cc1. The molecule has 1 N–H and O–H groups in total. The summed E-state index contributed by atoms with van der Waals surface area (Å²) >= 11 is 9.27. The minimum Gasteiger partial charge on any atom is -0.351 e. The molecule has 0 aliphatic carbocycles. The Labute approximate surface area is 145 Å². The average Bonchev–Trinajstić information content (AvgIpc) is 2.54. The van der Waals surface area contributed by atoms with Gasteiger partial charge in [0.05, 0.1) is 5.75 Å². The van der Waals surface area contributed by atoms with E-state index in [1.165, 1.54) is 10.5 Å². The van der Waals surface area contributed by atoms with E-state index >= 15 is 0 Å². The maximum absolute atomic E-state index is 11.8. The normalized spacial score (nSPS) is 10.5. The molecule has 0 atom stereocenters. The lowest BCUT2D eigenvalue weighted by Crippen LogP contribution is -2.24. The second kappa shape index (κ2) is 9.13. The standard InChI is InChI=1S/C17H18ClNOS2/c1-21-16-7-5-13(6-8-16)11-22-12-17(20)19-10-14-3-2-4-15(18)9-14/h2-9H,10-12H2,1H3,(H,19,20). The van der Waals surface area contributed by atoms with Crippen LogP contribution in [0.15, 0.2) is 53.4 Å². The first-order valence-electron chi connectivity index (χ1n) is 6.89. The van der Waals surface area contributed by atoms with Crippen LogP contribution in [0, 0.1) is 0 Å². The molecule has 0 bridgehead atoms. The Morgan fingerprint density at radius 3 is 2.59 bits per heavy atom. The van der Waals surface area contributed by atoms with Crippen molar-refractivity contribution in [3.8, 4) is 0 Å². The molecule has 2 aromatic carbocycles. The van der Waals surface area contributed by atoms with Crippen LogP contribution in [-0.2, 0) is 17.1 Å². The van der Waals surface area contributed by atoms with Crippen LogP contribution in [-0.4, -0.2) is 17.9 Å². The molecule has 2 aromatic rings. The Hall–Kier alpha value is -1.10. The molecule has 1 amide bonds. The van der Waals surface area contributed by atoms with Crippen LogP contribution >= 0.6 is 35.1 Å². The molecule has 0 spiro atoms. The maximum atomic E-state index is 11.8. The van der Waals surface area contributed by atoms with Gasteiger partial charge in [0.1, 0.15) is 0 Å². The fraction of sp³-hybridized carbons (Fsp3) is 0.235. The molecular formula is C17H18ClNOS2. The van der Waals surface area contributed by atoms with Crippen LogP contribution < -0.4 is 5.32 Å². The lowest BCUT2D eigenvalue weighted by atomic mass is 10.2. The summed E-state index contributed by atoms with van der Waals surface area (Å²) in [4.78, 5) is 13.1. The first-order valence-corrected chi connectivity index (χ1v) is 9.65. The molecule has 22 heavy (non-hydrogen) atoms. The fourth-order valence-electron chi connectivity index (χ4n) is 1.88. The summed E-state index contributed by atoms with van der Waals surface area (Å²) in [5.41, 5.74) is 2.25. The van der Waals surface area contributed by atoms with Gasteiger partial charge >= 0.3 is 0 Å². The van der Waals surface area contributed by atoms with E-state index in [-0.39, 0.29) is 5.91 Å². The van der Waals surface area contributed by atoms with E-state index in [2.05, 4.69) is 35.8 Å². The Bertz CT molecular complexity index is 616. The molecule has 0 saturated carbocycles. The summed E-state index contributed by atoms with van der Waals surface area (Å²) in [5.74, 6) is 1.36. The largest absolute Gasteiger partial charge is 0.351 e. The number of halogens is 1. The molecule has 0 aromatic heterocycles. The molecule has 2 nitrogen and oxygen atoms in total. The van der Waals surface area contributed by atoms with E-state index in [1.54, 1.807) is 23.5 Å². The number of amides is 1. The molecule has 0 aliphatic rings. The number of benzene rings is 2. The van der Waals surface area contributed by atoms with Crippen molar-refractivity contribution in [1.29, 1.82) is 0 Å². The van der Waals surface area contributed by atoms with Crippen LogP contribution in [0.2, 0.25) is 5.02 Å². The summed E-state index contributed by atoms with van der Waals surface area (Å²) in [6.07, 6.45) is 2.06. The van der Waals surface area contributed by atoms with Crippen molar-refractivity contribution in [3.05, 3.63) is 64.7 Å². The first kappa shape index (κ1) is 17.3. The van der Waals surface area contributed by atoms with Gasteiger partial charge in [0.15, 0.2) is 0 Å². The molecule has 0 fully saturated rings. The Morgan fingerprint density at radius 2 is 1.91 bits per heavy atom. The second-order valence-corrected chi connectivity index (χ2v) is 7.05. The third kappa shape index (κ3) is 5.95. The zero-order chi connectivity index (χ0) is 15.8. The topological polar surface area (TPSA) is 29.1 Å². The van der Waals surface area contributed by atoms with Gasteiger partial charge in [-0.2, -0.15) is 0 Å². The number of carbonyl (C=O) groups is 1. The number of nitrogens with one attached hydrogen (secondary N) is 1. The fourth-order valence-corrected chi connectivity index (χ4v) is 3.32. The molecule has 116 valence electrons. The Morgan fingerprint density at radius 1 is 1.14 bits per heavy atom. The number of hydrogen-bond acceptors (Lipinski definition) is 3. The van der Waals surface area contributed by atoms with Gasteiger partial charge in [-0.05, 0) is 41.6 Å². The highest BCUT2D eigenvalue weighted by atomic mass is 35.5. The molecule has 0 radical (unpaired) electrons. The summed E-state index contributed by atoms with van der Waals surface area (Å²) in [6, 6.07) is 16.0. The Kier molecular flexibility index (Phi) is 7.16. The van der Waals surface area contributed by atoms with Crippen LogP contribution in [0.25, 0.3) is 0 Å². The van der Waals surface area contributed by atoms with E-state index < -0.39 is 0 Å². The quantitative estimate of drug-likeness (QED) is 0.738. The number of carbonyl (C=O) groups excluding carboxylic acids is 1. The van der Waals surface area contributed by atoms with E-state index in [0.29, 0.717) is 17.3 Å². The van der Waals surface area contributed by atoms with Crippen molar-refractivity contribution in [3.63, 3.8) is 0 Å². The smallest absolute Gasteiger partial charge is 0.230 e. The van der Waals surface area contributed by atoms with Gasteiger partial charge in [-0.25, -0.2) is 0 Å². The predicted octanol–water partition coefficient (Wildman–Crippen LogP) is 4.61. The van der Waals surface area contributed by atoms with Gasteiger partial charge < -0.3 is 5.32 Å². The lowest BCUT2D eigenvalue weighted by molar-refractivity contribution is -0.118. The maximum Gasteiger partial charge on any atom is 0.230 e. The summed E-state index contributed by atoms with van der Waals surface area (Å²) in [5, 5.41) is 3.60. The van der Waals surface area contributed by atoms with Crippen molar-refractivity contribution in [1.82, 2.24) is 5.32 Å². The lowest BCUT2D eigenvalue weighted by Gasteiger charge is -2.06. The van der Waals surface area contributed by atoms with Crippen LogP contribution in [0.5, 0.6) is 0 Å². The van der Waals surface area contributed by atoms with Gasteiger partial charge in [0.25, 0.3) is 0 Å². The van der Waals surface area contributed by atoms with Crippen molar-refractivity contribution in [2.45, 2.75) is 17.2 Å². The van der Waals surface area contributed by atoms with Gasteiger partial charge in [-0.1, -0.05) is 35.9 Å². The molecule has 2 rings (SSSR count). The van der Waals surface area contributed by atoms with E-state index in [4.69, 9.17) is 11.6 Å². The van der Waals surface area contributed by atoms with Crippen LogP contribution in [0.1, 0.15) is 11.1 Å². The molecular weight excluding hydrogens is 334 g/mol. The Balaban J connectivity index is 1.69.